The van der Waals surface area contributed by atoms with Crippen molar-refractivity contribution in [1.29, 1.82) is 0 Å². The van der Waals surface area contributed by atoms with Crippen LogP contribution in [0.25, 0.3) is 0 Å². The van der Waals surface area contributed by atoms with Crippen molar-refractivity contribution in [2.24, 2.45) is 0 Å². The van der Waals surface area contributed by atoms with Crippen molar-refractivity contribution in [1.82, 2.24) is 14.7 Å². The van der Waals surface area contributed by atoms with Crippen LogP contribution >= 0.6 is 11.6 Å². The van der Waals surface area contributed by atoms with Crippen LogP contribution in [0.15, 0.2) is 12.1 Å². The van der Waals surface area contributed by atoms with Crippen LogP contribution in [0.2, 0.25) is 5.02 Å². The summed E-state index contributed by atoms with van der Waals surface area (Å²) < 4.78 is 36.4. The number of nitrogens with zero attached hydrogens (tertiary/aromatic N) is 3. The summed E-state index contributed by atoms with van der Waals surface area (Å²) in [5.74, 6) is 0.870. The lowest BCUT2D eigenvalue weighted by atomic mass is 10.1. The molecular weight excluding hydrogens is 442 g/mol. The number of benzene rings is 1. The zero-order valence-electron chi connectivity index (χ0n) is 18.4. The van der Waals surface area contributed by atoms with Crippen molar-refractivity contribution in [2.45, 2.75) is 39.8 Å². The number of rotatable bonds is 7. The number of amides is 1. The highest BCUT2D eigenvalue weighted by Gasteiger charge is 2.31. The van der Waals surface area contributed by atoms with E-state index in [-0.39, 0.29) is 23.5 Å². The van der Waals surface area contributed by atoms with Crippen LogP contribution in [0.3, 0.4) is 0 Å². The van der Waals surface area contributed by atoms with Gasteiger partial charge in [-0.2, -0.15) is 5.10 Å². The Kier molecular flexibility index (Phi) is 6.85. The van der Waals surface area contributed by atoms with Gasteiger partial charge in [0, 0.05) is 30.4 Å². The minimum Gasteiger partial charge on any atom is -0.493 e. The van der Waals surface area contributed by atoms with Gasteiger partial charge in [0.05, 0.1) is 42.0 Å². The Morgan fingerprint density at radius 1 is 1.35 bits per heavy atom. The Morgan fingerprint density at radius 3 is 2.65 bits per heavy atom. The van der Waals surface area contributed by atoms with Crippen molar-refractivity contribution >= 4 is 27.3 Å². The van der Waals surface area contributed by atoms with E-state index >= 15 is 0 Å². The second-order valence-electron chi connectivity index (χ2n) is 7.73. The predicted molar refractivity (Wildman–Crippen MR) is 119 cm³/mol. The molecule has 31 heavy (non-hydrogen) atoms. The zero-order chi connectivity index (χ0) is 22.9. The number of aromatic nitrogens is 2. The van der Waals surface area contributed by atoms with Crippen LogP contribution in [-0.4, -0.2) is 61.3 Å². The molecule has 1 fully saturated rings. The van der Waals surface area contributed by atoms with Gasteiger partial charge in [-0.25, -0.2) is 8.42 Å². The molecule has 1 amide bonds. The number of carbonyl (C=O) groups excluding carboxylic acids is 1. The monoisotopic (exact) mass is 469 g/mol. The Hall–Kier alpha value is -2.26. The quantitative estimate of drug-likeness (QED) is 0.618. The SMILES string of the molecule is CCOc1c(Cl)cc(C(=O)N(C)Cc2c(C)nn(C3CCS(=O)(=O)C3)c2C)cc1OC. The van der Waals surface area contributed by atoms with E-state index in [0.717, 1.165) is 17.0 Å². The summed E-state index contributed by atoms with van der Waals surface area (Å²) in [6.07, 6.45) is 0.559. The van der Waals surface area contributed by atoms with Gasteiger partial charge >= 0.3 is 0 Å². The van der Waals surface area contributed by atoms with Crippen molar-refractivity contribution in [3.8, 4) is 11.5 Å². The van der Waals surface area contributed by atoms with Crippen LogP contribution in [0.4, 0.5) is 0 Å². The van der Waals surface area contributed by atoms with E-state index < -0.39 is 9.84 Å². The smallest absolute Gasteiger partial charge is 0.254 e. The molecule has 1 atom stereocenters. The minimum absolute atomic E-state index is 0.105. The van der Waals surface area contributed by atoms with E-state index in [0.29, 0.717) is 41.7 Å². The highest BCUT2D eigenvalue weighted by Crippen LogP contribution is 2.37. The molecule has 0 saturated carbocycles. The molecule has 8 nitrogen and oxygen atoms in total. The number of halogens is 1. The first kappa shape index (κ1) is 23.4. The number of sulfone groups is 1. The Morgan fingerprint density at radius 2 is 2.06 bits per heavy atom. The van der Waals surface area contributed by atoms with E-state index in [1.54, 1.807) is 28.8 Å². The third-order valence-electron chi connectivity index (χ3n) is 5.54. The van der Waals surface area contributed by atoms with Crippen LogP contribution in [0.5, 0.6) is 11.5 Å². The molecular formula is C21H28ClN3O5S. The summed E-state index contributed by atoms with van der Waals surface area (Å²) >= 11 is 6.31. The van der Waals surface area contributed by atoms with Crippen molar-refractivity contribution in [3.63, 3.8) is 0 Å². The number of methoxy groups -OCH3 is 1. The molecule has 3 rings (SSSR count). The molecule has 2 aromatic rings. The topological polar surface area (TPSA) is 90.7 Å². The van der Waals surface area contributed by atoms with E-state index in [4.69, 9.17) is 21.1 Å². The molecule has 1 unspecified atom stereocenters. The third kappa shape index (κ3) is 4.82. The zero-order valence-corrected chi connectivity index (χ0v) is 20.0. The molecule has 0 spiro atoms. The number of ether oxygens (including phenoxy) is 2. The molecule has 10 heteroatoms. The van der Waals surface area contributed by atoms with Gasteiger partial charge in [-0.05, 0) is 39.3 Å². The van der Waals surface area contributed by atoms with Gasteiger partial charge in [-0.3, -0.25) is 9.48 Å². The average Bonchev–Trinajstić information content (AvgIpc) is 3.21. The number of aryl methyl sites for hydroxylation is 1. The maximum atomic E-state index is 13.1. The molecule has 1 aliphatic heterocycles. The summed E-state index contributed by atoms with van der Waals surface area (Å²) in [7, 11) is 0.185. The van der Waals surface area contributed by atoms with Crippen molar-refractivity contribution in [2.75, 3.05) is 32.3 Å². The first-order valence-corrected chi connectivity index (χ1v) is 12.3. The fraction of sp³-hybridized carbons (Fsp3) is 0.524. The summed E-state index contributed by atoms with van der Waals surface area (Å²) in [4.78, 5) is 14.7. The van der Waals surface area contributed by atoms with Gasteiger partial charge in [0.15, 0.2) is 21.3 Å². The van der Waals surface area contributed by atoms with Gasteiger partial charge in [0.1, 0.15) is 0 Å². The van der Waals surface area contributed by atoms with Crippen molar-refractivity contribution < 1.29 is 22.7 Å². The van der Waals surface area contributed by atoms with Gasteiger partial charge in [-0.1, -0.05) is 11.6 Å². The molecule has 0 aliphatic carbocycles. The van der Waals surface area contributed by atoms with Gasteiger partial charge in [-0.15, -0.1) is 0 Å². The van der Waals surface area contributed by atoms with E-state index in [1.165, 1.54) is 7.11 Å². The molecule has 1 aromatic carbocycles. The Balaban J connectivity index is 1.83. The molecule has 170 valence electrons. The molecule has 0 bridgehead atoms. The standard InChI is InChI=1S/C21H28ClN3O5S/c1-6-30-20-18(22)9-15(10-19(20)29-5)21(26)24(4)11-17-13(2)23-25(14(17)3)16-7-8-31(27,28)12-16/h9-10,16H,6-8,11-12H2,1-5H3. The van der Waals surface area contributed by atoms with Crippen molar-refractivity contribution in [3.05, 3.63) is 39.7 Å². The van der Waals surface area contributed by atoms with E-state index in [9.17, 15) is 13.2 Å². The molecule has 1 aliphatic rings. The Labute approximate surface area is 188 Å². The first-order chi connectivity index (χ1) is 14.6. The second-order valence-corrected chi connectivity index (χ2v) is 10.4. The van der Waals surface area contributed by atoms with Crippen LogP contribution < -0.4 is 9.47 Å². The number of hydrogen-bond donors (Lipinski definition) is 0. The molecule has 0 N–H and O–H groups in total. The maximum absolute atomic E-state index is 13.1. The minimum atomic E-state index is -3.01. The van der Waals surface area contributed by atoms with Gasteiger partial charge < -0.3 is 14.4 Å². The van der Waals surface area contributed by atoms with Gasteiger partial charge in [0.25, 0.3) is 5.91 Å². The lowest BCUT2D eigenvalue weighted by Gasteiger charge is -2.19. The first-order valence-electron chi connectivity index (χ1n) is 10.1. The predicted octanol–water partition coefficient (Wildman–Crippen LogP) is 3.19. The maximum Gasteiger partial charge on any atom is 0.254 e. The fourth-order valence-corrected chi connectivity index (χ4v) is 5.86. The molecule has 1 saturated heterocycles. The van der Waals surface area contributed by atoms with E-state index in [1.807, 2.05) is 20.8 Å². The molecule has 1 aromatic heterocycles. The van der Waals surface area contributed by atoms with Crippen LogP contribution in [0.1, 0.15) is 46.7 Å². The highest BCUT2D eigenvalue weighted by molar-refractivity contribution is 7.91. The van der Waals surface area contributed by atoms with Crippen LogP contribution in [-0.2, 0) is 16.4 Å². The third-order valence-corrected chi connectivity index (χ3v) is 7.57. The summed E-state index contributed by atoms with van der Waals surface area (Å²) in [6, 6.07) is 3.02. The number of hydrogen-bond acceptors (Lipinski definition) is 6. The largest absolute Gasteiger partial charge is 0.493 e. The molecule has 0 radical (unpaired) electrons. The van der Waals surface area contributed by atoms with E-state index in [2.05, 4.69) is 5.10 Å². The second kappa shape index (κ2) is 9.08. The highest BCUT2D eigenvalue weighted by atomic mass is 35.5. The average molecular weight is 470 g/mol. The van der Waals surface area contributed by atoms with Gasteiger partial charge in [0.2, 0.25) is 0 Å². The van der Waals surface area contributed by atoms with Crippen LogP contribution in [0, 0.1) is 13.8 Å². The summed E-state index contributed by atoms with van der Waals surface area (Å²) in [6.45, 7) is 6.39. The molecule has 2 heterocycles. The normalized spacial score (nSPS) is 17.5. The Bertz CT molecular complexity index is 1100. The fourth-order valence-electron chi connectivity index (χ4n) is 3.91. The lowest BCUT2D eigenvalue weighted by molar-refractivity contribution is 0.0784. The lowest BCUT2D eigenvalue weighted by Crippen LogP contribution is -2.27. The number of carbonyl (C=O) groups is 1. The summed E-state index contributed by atoms with van der Waals surface area (Å²) in [5.41, 5.74) is 2.95. The summed E-state index contributed by atoms with van der Waals surface area (Å²) in [5, 5.41) is 4.88.